The Morgan fingerprint density at radius 3 is 2.63 bits per heavy atom. The Morgan fingerprint density at radius 1 is 1.14 bits per heavy atom. The van der Waals surface area contributed by atoms with Gasteiger partial charge in [0.05, 0.1) is 35.9 Å². The molecule has 5 rings (SSSR count). The summed E-state index contributed by atoms with van der Waals surface area (Å²) in [5.74, 6) is 1.25. The SMILES string of the molecule is Cc1nn(-c2ccccc2)c(Oc2ccc(Cl)cc2)c1CN(CC1CCCO1)C(=O)c1ccco1. The van der Waals surface area contributed by atoms with E-state index in [1.54, 1.807) is 33.8 Å². The van der Waals surface area contributed by atoms with Crippen LogP contribution in [-0.4, -0.2) is 39.8 Å². The van der Waals surface area contributed by atoms with Crippen molar-refractivity contribution >= 4 is 17.5 Å². The fourth-order valence-electron chi connectivity index (χ4n) is 4.18. The zero-order chi connectivity index (χ0) is 24.2. The predicted molar refractivity (Wildman–Crippen MR) is 132 cm³/mol. The Bertz CT molecular complexity index is 1260. The topological polar surface area (TPSA) is 69.7 Å². The molecule has 0 spiro atoms. The molecule has 2 aromatic carbocycles. The van der Waals surface area contributed by atoms with Crippen LogP contribution in [-0.2, 0) is 11.3 Å². The minimum absolute atomic E-state index is 0.0148. The van der Waals surface area contributed by atoms with E-state index >= 15 is 0 Å². The molecule has 0 bridgehead atoms. The number of benzene rings is 2. The van der Waals surface area contributed by atoms with Crippen molar-refractivity contribution in [1.82, 2.24) is 14.7 Å². The van der Waals surface area contributed by atoms with Crippen LogP contribution >= 0.6 is 11.6 Å². The molecule has 1 unspecified atom stereocenters. The van der Waals surface area contributed by atoms with Crippen LogP contribution in [0.3, 0.4) is 0 Å². The lowest BCUT2D eigenvalue weighted by atomic mass is 10.1. The summed E-state index contributed by atoms with van der Waals surface area (Å²) >= 11 is 6.07. The Hall–Kier alpha value is -3.55. The summed E-state index contributed by atoms with van der Waals surface area (Å²) in [5.41, 5.74) is 2.43. The normalized spacial score (nSPS) is 15.3. The second-order valence-electron chi connectivity index (χ2n) is 8.47. The van der Waals surface area contributed by atoms with Gasteiger partial charge < -0.3 is 18.8 Å². The molecule has 35 heavy (non-hydrogen) atoms. The number of rotatable bonds is 8. The number of carbonyl (C=O) groups is 1. The van der Waals surface area contributed by atoms with Crippen molar-refractivity contribution in [3.8, 4) is 17.3 Å². The first kappa shape index (κ1) is 23.2. The zero-order valence-corrected chi connectivity index (χ0v) is 20.1. The van der Waals surface area contributed by atoms with Crippen LogP contribution in [0, 0.1) is 6.92 Å². The van der Waals surface area contributed by atoms with Crippen LogP contribution in [0.5, 0.6) is 11.6 Å². The highest BCUT2D eigenvalue weighted by molar-refractivity contribution is 6.30. The molecule has 1 atom stereocenters. The maximum absolute atomic E-state index is 13.4. The van der Waals surface area contributed by atoms with Crippen molar-refractivity contribution in [3.05, 3.63) is 95.0 Å². The summed E-state index contributed by atoms with van der Waals surface area (Å²) < 4.78 is 19.4. The molecule has 1 saturated heterocycles. The van der Waals surface area contributed by atoms with E-state index in [1.165, 1.54) is 6.26 Å². The van der Waals surface area contributed by atoms with Gasteiger partial charge in [-0.3, -0.25) is 4.79 Å². The van der Waals surface area contributed by atoms with E-state index in [-0.39, 0.29) is 17.8 Å². The van der Waals surface area contributed by atoms with Crippen LogP contribution in [0.25, 0.3) is 5.69 Å². The number of carbonyl (C=O) groups excluding carboxylic acids is 1. The van der Waals surface area contributed by atoms with Gasteiger partial charge in [-0.2, -0.15) is 5.10 Å². The van der Waals surface area contributed by atoms with Crippen LogP contribution in [0.15, 0.2) is 77.4 Å². The summed E-state index contributed by atoms with van der Waals surface area (Å²) in [6, 6.07) is 20.3. The molecule has 8 heteroatoms. The van der Waals surface area contributed by atoms with E-state index in [0.717, 1.165) is 29.8 Å². The molecule has 2 aromatic heterocycles. The van der Waals surface area contributed by atoms with Crippen LogP contribution < -0.4 is 4.74 Å². The summed E-state index contributed by atoms with van der Waals surface area (Å²) in [5, 5.41) is 5.40. The van der Waals surface area contributed by atoms with E-state index in [1.807, 2.05) is 49.4 Å². The monoisotopic (exact) mass is 491 g/mol. The third-order valence-electron chi connectivity index (χ3n) is 5.98. The van der Waals surface area contributed by atoms with Gasteiger partial charge in [-0.15, -0.1) is 0 Å². The van der Waals surface area contributed by atoms with Gasteiger partial charge in [0.15, 0.2) is 5.76 Å². The molecule has 0 saturated carbocycles. The fourth-order valence-corrected chi connectivity index (χ4v) is 4.31. The lowest BCUT2D eigenvalue weighted by molar-refractivity contribution is 0.0482. The molecule has 1 amide bonds. The molecular weight excluding hydrogens is 466 g/mol. The highest BCUT2D eigenvalue weighted by atomic mass is 35.5. The summed E-state index contributed by atoms with van der Waals surface area (Å²) in [6.07, 6.45) is 3.39. The maximum Gasteiger partial charge on any atom is 0.289 e. The molecule has 3 heterocycles. The number of ether oxygens (including phenoxy) is 2. The average molecular weight is 492 g/mol. The van der Waals surface area contributed by atoms with Gasteiger partial charge in [0.1, 0.15) is 5.75 Å². The zero-order valence-electron chi connectivity index (χ0n) is 19.4. The molecule has 1 aliphatic rings. The molecule has 7 nitrogen and oxygen atoms in total. The minimum atomic E-state index is -0.199. The lowest BCUT2D eigenvalue weighted by Crippen LogP contribution is -2.37. The lowest BCUT2D eigenvalue weighted by Gasteiger charge is -2.25. The largest absolute Gasteiger partial charge is 0.459 e. The number of para-hydroxylation sites is 1. The number of halogens is 1. The molecule has 0 radical (unpaired) electrons. The quantitative estimate of drug-likeness (QED) is 0.300. The van der Waals surface area contributed by atoms with E-state index < -0.39 is 0 Å². The Balaban J connectivity index is 1.53. The number of aromatic nitrogens is 2. The minimum Gasteiger partial charge on any atom is -0.459 e. The Kier molecular flexibility index (Phi) is 6.88. The van der Waals surface area contributed by atoms with Gasteiger partial charge in [-0.05, 0) is 68.3 Å². The van der Waals surface area contributed by atoms with Crippen LogP contribution in [0.1, 0.15) is 34.7 Å². The first-order valence-electron chi connectivity index (χ1n) is 11.6. The molecule has 4 aromatic rings. The van der Waals surface area contributed by atoms with Crippen molar-refractivity contribution in [3.63, 3.8) is 0 Å². The van der Waals surface area contributed by atoms with E-state index in [9.17, 15) is 4.79 Å². The molecule has 180 valence electrons. The van der Waals surface area contributed by atoms with Crippen LogP contribution in [0.4, 0.5) is 0 Å². The smallest absolute Gasteiger partial charge is 0.289 e. The van der Waals surface area contributed by atoms with Crippen molar-refractivity contribution in [2.24, 2.45) is 0 Å². The molecule has 0 aliphatic carbocycles. The highest BCUT2D eigenvalue weighted by Gasteiger charge is 2.28. The first-order valence-corrected chi connectivity index (χ1v) is 12.0. The number of nitrogens with zero attached hydrogens (tertiary/aromatic N) is 3. The Morgan fingerprint density at radius 2 is 1.94 bits per heavy atom. The van der Waals surface area contributed by atoms with Crippen LogP contribution in [0.2, 0.25) is 5.02 Å². The first-order chi connectivity index (χ1) is 17.1. The van der Waals surface area contributed by atoms with Crippen molar-refractivity contribution in [2.75, 3.05) is 13.2 Å². The number of amides is 1. The highest BCUT2D eigenvalue weighted by Crippen LogP contribution is 2.33. The number of hydrogen-bond donors (Lipinski definition) is 0. The summed E-state index contributed by atoms with van der Waals surface area (Å²) in [7, 11) is 0. The average Bonchev–Trinajstić information content (AvgIpc) is 3.64. The van der Waals surface area contributed by atoms with Gasteiger partial charge in [0.2, 0.25) is 5.88 Å². The molecule has 0 N–H and O–H groups in total. The second-order valence-corrected chi connectivity index (χ2v) is 8.91. The third kappa shape index (κ3) is 5.26. The summed E-state index contributed by atoms with van der Waals surface area (Å²) in [4.78, 5) is 15.1. The number of aryl methyl sites for hydroxylation is 1. The Labute approximate surface area is 208 Å². The third-order valence-corrected chi connectivity index (χ3v) is 6.23. The number of hydrogen-bond acceptors (Lipinski definition) is 5. The molecule has 1 aliphatic heterocycles. The van der Waals surface area contributed by atoms with Crippen molar-refractivity contribution in [2.45, 2.75) is 32.4 Å². The van der Waals surface area contributed by atoms with Gasteiger partial charge in [-0.25, -0.2) is 4.68 Å². The van der Waals surface area contributed by atoms with E-state index in [2.05, 4.69) is 0 Å². The van der Waals surface area contributed by atoms with Crippen molar-refractivity contribution in [1.29, 1.82) is 0 Å². The number of furan rings is 1. The van der Waals surface area contributed by atoms with Gasteiger partial charge in [-0.1, -0.05) is 29.8 Å². The standard InChI is InChI=1S/C27H26ClN3O4/c1-19-24(18-30(17-23-9-5-15-33-23)26(32)25-10-6-16-34-25)27(35-22-13-11-20(28)12-14-22)31(29-19)21-7-3-2-4-8-21/h2-4,6-8,10-14,16,23H,5,9,15,17-18H2,1H3. The van der Waals surface area contributed by atoms with E-state index in [4.69, 9.17) is 30.6 Å². The summed E-state index contributed by atoms with van der Waals surface area (Å²) in [6.45, 7) is 3.38. The van der Waals surface area contributed by atoms with Gasteiger partial charge in [0.25, 0.3) is 5.91 Å². The fraction of sp³-hybridized carbons (Fsp3) is 0.259. The van der Waals surface area contributed by atoms with E-state index in [0.29, 0.717) is 36.3 Å². The predicted octanol–water partition coefficient (Wildman–Crippen LogP) is 6.04. The van der Waals surface area contributed by atoms with Gasteiger partial charge in [0, 0.05) is 18.2 Å². The molecular formula is C27H26ClN3O4. The molecule has 1 fully saturated rings. The van der Waals surface area contributed by atoms with Gasteiger partial charge >= 0.3 is 0 Å². The van der Waals surface area contributed by atoms with Crippen molar-refractivity contribution < 1.29 is 18.7 Å². The second kappa shape index (κ2) is 10.4. The maximum atomic E-state index is 13.4.